The summed E-state index contributed by atoms with van der Waals surface area (Å²) in [6, 6.07) is 8.61. The van der Waals surface area contributed by atoms with Gasteiger partial charge in [0.1, 0.15) is 5.76 Å². The summed E-state index contributed by atoms with van der Waals surface area (Å²) in [5, 5.41) is 3.05. The molecule has 7 nitrogen and oxygen atoms in total. The van der Waals surface area contributed by atoms with Crippen LogP contribution in [0.2, 0.25) is 0 Å². The number of carbonyl (C=O) groups is 1. The summed E-state index contributed by atoms with van der Waals surface area (Å²) < 4.78 is 67.5. The van der Waals surface area contributed by atoms with Crippen LogP contribution < -0.4 is 10.0 Å². The van der Waals surface area contributed by atoms with E-state index in [1.54, 1.807) is 6.07 Å². The number of hydrogen-bond donors (Lipinski definition) is 2. The zero-order chi connectivity index (χ0) is 22.4. The molecule has 2 atom stereocenters. The van der Waals surface area contributed by atoms with Crippen molar-refractivity contribution in [2.24, 2.45) is 5.92 Å². The molecule has 0 spiro atoms. The molecule has 1 aromatic heterocycles. The van der Waals surface area contributed by atoms with Crippen LogP contribution >= 0.6 is 0 Å². The molecule has 0 radical (unpaired) electrons. The molecule has 2 unspecified atom stereocenters. The van der Waals surface area contributed by atoms with Gasteiger partial charge in [-0.2, -0.15) is 21.6 Å². The highest BCUT2D eigenvalue weighted by atomic mass is 32.2. The molecule has 1 amide bonds. The predicted molar refractivity (Wildman–Crippen MR) is 108 cm³/mol. The van der Waals surface area contributed by atoms with E-state index >= 15 is 0 Å². The summed E-state index contributed by atoms with van der Waals surface area (Å²) in [6.07, 6.45) is 2.08. The number of nitrogens with zero attached hydrogens (tertiary/aromatic N) is 1. The number of fused-ring (bicyclic) bond motifs is 3. The summed E-state index contributed by atoms with van der Waals surface area (Å²) >= 11 is 0. The van der Waals surface area contributed by atoms with Crippen molar-refractivity contribution in [2.75, 3.05) is 17.8 Å². The number of benzene rings is 1. The van der Waals surface area contributed by atoms with Crippen molar-refractivity contribution in [2.45, 2.75) is 37.4 Å². The van der Waals surface area contributed by atoms with Crippen molar-refractivity contribution >= 4 is 21.6 Å². The van der Waals surface area contributed by atoms with Crippen molar-refractivity contribution < 1.29 is 30.8 Å². The van der Waals surface area contributed by atoms with Crippen LogP contribution in [0.25, 0.3) is 11.3 Å². The number of alkyl halides is 3. The van der Waals surface area contributed by atoms with Crippen molar-refractivity contribution in [1.29, 1.82) is 0 Å². The van der Waals surface area contributed by atoms with Crippen LogP contribution in [0.15, 0.2) is 40.8 Å². The molecular formula is C20H22F3N3O4S. The molecule has 3 aliphatic rings. The maximum Gasteiger partial charge on any atom is 0.516 e. The topological polar surface area (TPSA) is 91.7 Å². The number of anilines is 1. The maximum atomic E-state index is 12.7. The number of carbonyl (C=O) groups excluding carboxylic acids is 1. The van der Waals surface area contributed by atoms with Gasteiger partial charge in [-0.1, -0.05) is 12.1 Å². The Kier molecular flexibility index (Phi) is 5.50. The molecule has 3 fully saturated rings. The molecule has 1 aromatic carbocycles. The number of sulfonamides is 1. The van der Waals surface area contributed by atoms with E-state index in [2.05, 4.69) is 17.1 Å². The van der Waals surface area contributed by atoms with Crippen molar-refractivity contribution in [3.63, 3.8) is 0 Å². The Bertz CT molecular complexity index is 1070. The van der Waals surface area contributed by atoms with Gasteiger partial charge in [-0.25, -0.2) is 0 Å². The van der Waals surface area contributed by atoms with Gasteiger partial charge in [0.05, 0.1) is 0 Å². The third kappa shape index (κ3) is 4.29. The van der Waals surface area contributed by atoms with E-state index in [4.69, 9.17) is 4.42 Å². The van der Waals surface area contributed by atoms with Crippen molar-refractivity contribution in [3.8, 4) is 11.3 Å². The quantitative estimate of drug-likeness (QED) is 0.718. The molecule has 2 N–H and O–H groups in total. The number of amides is 1. The first-order chi connectivity index (χ1) is 14.5. The third-order valence-corrected chi connectivity index (χ3v) is 7.12. The van der Waals surface area contributed by atoms with Crippen molar-refractivity contribution in [1.82, 2.24) is 10.2 Å². The second-order valence-corrected chi connectivity index (χ2v) is 9.58. The van der Waals surface area contributed by atoms with Gasteiger partial charge in [-0.15, -0.1) is 0 Å². The van der Waals surface area contributed by atoms with Gasteiger partial charge in [-0.3, -0.25) is 14.4 Å². The molecule has 4 heterocycles. The van der Waals surface area contributed by atoms with Gasteiger partial charge >= 0.3 is 15.5 Å². The van der Waals surface area contributed by atoms with Crippen LogP contribution in [-0.2, 0) is 10.0 Å². The molecule has 168 valence electrons. The summed E-state index contributed by atoms with van der Waals surface area (Å²) in [5.41, 5.74) is -5.36. The molecule has 3 aliphatic heterocycles. The lowest BCUT2D eigenvalue weighted by Gasteiger charge is -2.49. The maximum absolute atomic E-state index is 12.7. The summed E-state index contributed by atoms with van der Waals surface area (Å²) in [7, 11) is -5.53. The Morgan fingerprint density at radius 3 is 2.52 bits per heavy atom. The zero-order valence-corrected chi connectivity index (χ0v) is 17.5. The minimum Gasteiger partial charge on any atom is -0.451 e. The van der Waals surface area contributed by atoms with Crippen LogP contribution in [-0.4, -0.2) is 49.9 Å². The Hall–Kier alpha value is -2.53. The minimum absolute atomic E-state index is 0.0312. The average Bonchev–Trinajstić information content (AvgIpc) is 3.20. The molecule has 2 bridgehead atoms. The third-order valence-electron chi connectivity index (χ3n) is 6.01. The monoisotopic (exact) mass is 457 g/mol. The fourth-order valence-electron chi connectivity index (χ4n) is 4.33. The Balaban J connectivity index is 1.48. The number of hydrogen-bond acceptors (Lipinski definition) is 5. The molecule has 31 heavy (non-hydrogen) atoms. The second-order valence-electron chi connectivity index (χ2n) is 7.91. The SMILES string of the molecule is CC1C(NC(=O)c2ccc(-c3cccc(NS(=O)(=O)C(F)(F)F)c3)o2)C2CCN1CC2. The van der Waals surface area contributed by atoms with Crippen LogP contribution in [0, 0.1) is 5.92 Å². The molecule has 2 aromatic rings. The fourth-order valence-corrected chi connectivity index (χ4v) is 4.88. The molecule has 3 saturated heterocycles. The lowest BCUT2D eigenvalue weighted by Crippen LogP contribution is -2.62. The smallest absolute Gasteiger partial charge is 0.451 e. The van der Waals surface area contributed by atoms with E-state index in [-0.39, 0.29) is 35.2 Å². The second kappa shape index (κ2) is 7.86. The summed E-state index contributed by atoms with van der Waals surface area (Å²) in [4.78, 5) is 15.1. The Morgan fingerprint density at radius 2 is 1.87 bits per heavy atom. The van der Waals surface area contributed by atoms with Gasteiger partial charge in [0.2, 0.25) is 0 Å². The van der Waals surface area contributed by atoms with Gasteiger partial charge in [0, 0.05) is 23.3 Å². The first-order valence-corrected chi connectivity index (χ1v) is 11.4. The lowest BCUT2D eigenvalue weighted by atomic mass is 9.79. The minimum atomic E-state index is -5.53. The van der Waals surface area contributed by atoms with Gasteiger partial charge in [-0.05, 0) is 63.0 Å². The number of halogens is 3. The normalized spacial score (nSPS) is 25.9. The number of nitrogens with one attached hydrogen (secondary N) is 2. The Morgan fingerprint density at radius 1 is 1.16 bits per heavy atom. The van der Waals surface area contributed by atoms with Crippen LogP contribution in [0.1, 0.15) is 30.3 Å². The van der Waals surface area contributed by atoms with Crippen LogP contribution in [0.4, 0.5) is 18.9 Å². The zero-order valence-electron chi connectivity index (χ0n) is 16.6. The molecule has 0 aliphatic carbocycles. The highest BCUT2D eigenvalue weighted by Crippen LogP contribution is 2.33. The number of rotatable bonds is 5. The average molecular weight is 457 g/mol. The number of furan rings is 1. The van der Waals surface area contributed by atoms with E-state index in [0.717, 1.165) is 25.9 Å². The molecule has 11 heteroatoms. The fraction of sp³-hybridized carbons (Fsp3) is 0.450. The molecular weight excluding hydrogens is 435 g/mol. The van der Waals surface area contributed by atoms with Crippen LogP contribution in [0.3, 0.4) is 0 Å². The summed E-state index contributed by atoms with van der Waals surface area (Å²) in [6.45, 7) is 4.17. The van der Waals surface area contributed by atoms with Gasteiger partial charge in [0.25, 0.3) is 5.91 Å². The van der Waals surface area contributed by atoms with Gasteiger partial charge < -0.3 is 9.73 Å². The highest BCUT2D eigenvalue weighted by Gasteiger charge is 2.46. The van der Waals surface area contributed by atoms with Crippen LogP contribution in [0.5, 0.6) is 0 Å². The van der Waals surface area contributed by atoms with E-state index in [9.17, 15) is 26.4 Å². The van der Waals surface area contributed by atoms with E-state index in [0.29, 0.717) is 11.5 Å². The number of piperidine rings is 3. The van der Waals surface area contributed by atoms with Crippen molar-refractivity contribution in [3.05, 3.63) is 42.2 Å². The first-order valence-electron chi connectivity index (χ1n) is 9.89. The largest absolute Gasteiger partial charge is 0.516 e. The van der Waals surface area contributed by atoms with Gasteiger partial charge in [0.15, 0.2) is 5.76 Å². The highest BCUT2D eigenvalue weighted by molar-refractivity contribution is 7.93. The first kappa shape index (κ1) is 21.7. The lowest BCUT2D eigenvalue weighted by molar-refractivity contribution is -0.0429. The van der Waals surface area contributed by atoms with E-state index in [1.165, 1.54) is 35.1 Å². The van der Waals surface area contributed by atoms with E-state index in [1.807, 2.05) is 0 Å². The van der Waals surface area contributed by atoms with E-state index < -0.39 is 15.5 Å². The standard InChI is InChI=1S/C20H22F3N3O4S/c1-12-18(13-7-9-26(12)10-8-13)24-19(27)17-6-5-16(30-17)14-3-2-4-15(11-14)25-31(28,29)20(21,22)23/h2-6,11-13,18,25H,7-10H2,1H3,(H,24,27). The Labute approximate surface area is 177 Å². The summed E-state index contributed by atoms with van der Waals surface area (Å²) in [5.74, 6) is 0.391. The predicted octanol–water partition coefficient (Wildman–Crippen LogP) is 3.42. The molecule has 5 rings (SSSR count). The molecule has 0 saturated carbocycles.